The Bertz CT molecular complexity index is 370. The lowest BCUT2D eigenvalue weighted by Gasteiger charge is -2.25. The van der Waals surface area contributed by atoms with Gasteiger partial charge in [0, 0.05) is 0 Å². The quantitative estimate of drug-likeness (QED) is 0.830. The van der Waals surface area contributed by atoms with E-state index in [1.54, 1.807) is 19.1 Å². The summed E-state index contributed by atoms with van der Waals surface area (Å²) in [7, 11) is 1.49. The average molecular weight is 210 g/mol. The molecule has 3 heteroatoms. The molecule has 0 amide bonds. The van der Waals surface area contributed by atoms with Gasteiger partial charge in [-0.25, -0.2) is 4.39 Å². The maximum absolute atomic E-state index is 13.7. The highest BCUT2D eigenvalue weighted by molar-refractivity contribution is 5.40. The molecule has 1 aliphatic rings. The lowest BCUT2D eigenvalue weighted by atomic mass is 9.89. The van der Waals surface area contributed by atoms with Crippen molar-refractivity contribution in [3.8, 4) is 5.75 Å². The number of halogens is 1. The van der Waals surface area contributed by atoms with Crippen LogP contribution in [0.5, 0.6) is 5.75 Å². The van der Waals surface area contributed by atoms with Crippen LogP contribution in [-0.2, 0) is 5.60 Å². The number of hydrogen-bond donors (Lipinski definition) is 1. The highest BCUT2D eigenvalue weighted by Gasteiger charge is 2.44. The molecule has 15 heavy (non-hydrogen) atoms. The molecule has 1 fully saturated rings. The van der Waals surface area contributed by atoms with Gasteiger partial charge in [-0.2, -0.15) is 0 Å². The lowest BCUT2D eigenvalue weighted by molar-refractivity contribution is 0.0270. The Morgan fingerprint density at radius 2 is 2.13 bits per heavy atom. The molecule has 1 aromatic rings. The van der Waals surface area contributed by atoms with Gasteiger partial charge in [0.2, 0.25) is 0 Å². The average Bonchev–Trinajstić information content (AvgIpc) is 3.00. The molecule has 2 nitrogen and oxygen atoms in total. The van der Waals surface area contributed by atoms with E-state index in [1.807, 2.05) is 0 Å². The van der Waals surface area contributed by atoms with Crippen LogP contribution in [0.15, 0.2) is 18.2 Å². The molecule has 1 N–H and O–H groups in total. The molecule has 1 saturated carbocycles. The third-order valence-corrected chi connectivity index (χ3v) is 3.07. The van der Waals surface area contributed by atoms with Gasteiger partial charge < -0.3 is 9.84 Å². The van der Waals surface area contributed by atoms with Crippen LogP contribution < -0.4 is 4.74 Å². The third kappa shape index (κ3) is 1.72. The molecule has 0 spiro atoms. The topological polar surface area (TPSA) is 29.5 Å². The second-order valence-electron chi connectivity index (χ2n) is 4.24. The zero-order valence-electron chi connectivity index (χ0n) is 8.96. The first-order valence-electron chi connectivity index (χ1n) is 5.12. The zero-order valence-corrected chi connectivity index (χ0v) is 8.96. The van der Waals surface area contributed by atoms with Crippen molar-refractivity contribution in [1.82, 2.24) is 0 Å². The van der Waals surface area contributed by atoms with Gasteiger partial charge in [-0.3, -0.25) is 0 Å². The number of hydrogen-bond acceptors (Lipinski definition) is 2. The van der Waals surface area contributed by atoms with E-state index in [1.165, 1.54) is 13.2 Å². The van der Waals surface area contributed by atoms with E-state index >= 15 is 0 Å². The van der Waals surface area contributed by atoms with Crippen molar-refractivity contribution in [1.29, 1.82) is 0 Å². The fraction of sp³-hybridized carbons (Fsp3) is 0.500. The van der Waals surface area contributed by atoms with Gasteiger partial charge in [0.25, 0.3) is 0 Å². The molecule has 0 aliphatic heterocycles. The summed E-state index contributed by atoms with van der Waals surface area (Å²) >= 11 is 0. The van der Waals surface area contributed by atoms with Gasteiger partial charge in [0.15, 0.2) is 0 Å². The molecule has 0 saturated heterocycles. The summed E-state index contributed by atoms with van der Waals surface area (Å²) in [6.07, 6.45) is 1.90. The van der Waals surface area contributed by atoms with E-state index in [-0.39, 0.29) is 11.5 Å². The Morgan fingerprint density at radius 1 is 1.47 bits per heavy atom. The summed E-state index contributed by atoms with van der Waals surface area (Å²) in [5.41, 5.74) is -0.827. The number of benzene rings is 1. The van der Waals surface area contributed by atoms with Crippen molar-refractivity contribution >= 4 is 0 Å². The van der Waals surface area contributed by atoms with Crippen molar-refractivity contribution < 1.29 is 14.2 Å². The fourth-order valence-electron chi connectivity index (χ4n) is 2.02. The summed E-state index contributed by atoms with van der Waals surface area (Å²) in [4.78, 5) is 0. The summed E-state index contributed by atoms with van der Waals surface area (Å²) in [5, 5.41) is 10.3. The Labute approximate surface area is 88.7 Å². The Balaban J connectivity index is 2.49. The molecule has 1 aliphatic carbocycles. The molecule has 0 radical (unpaired) electrons. The molecule has 1 unspecified atom stereocenters. The summed E-state index contributed by atoms with van der Waals surface area (Å²) in [6.45, 7) is 1.66. The first-order valence-corrected chi connectivity index (χ1v) is 5.12. The summed E-state index contributed by atoms with van der Waals surface area (Å²) in [6, 6.07) is 4.62. The Morgan fingerprint density at radius 3 is 2.67 bits per heavy atom. The second kappa shape index (κ2) is 3.49. The fourth-order valence-corrected chi connectivity index (χ4v) is 2.02. The third-order valence-electron chi connectivity index (χ3n) is 3.07. The molecule has 2 rings (SSSR count). The molecule has 1 aromatic carbocycles. The molecular formula is C12H15FO2. The Kier molecular flexibility index (Phi) is 2.43. The van der Waals surface area contributed by atoms with Crippen LogP contribution in [0.25, 0.3) is 0 Å². The van der Waals surface area contributed by atoms with Crippen molar-refractivity contribution in [2.75, 3.05) is 7.11 Å². The molecule has 0 bridgehead atoms. The maximum atomic E-state index is 13.7. The van der Waals surface area contributed by atoms with Gasteiger partial charge in [0.1, 0.15) is 11.6 Å². The zero-order chi connectivity index (χ0) is 11.1. The highest BCUT2D eigenvalue weighted by Crippen LogP contribution is 2.48. The van der Waals surface area contributed by atoms with Crippen LogP contribution in [0.2, 0.25) is 0 Å². The first-order chi connectivity index (χ1) is 7.07. The van der Waals surface area contributed by atoms with E-state index in [4.69, 9.17) is 4.74 Å². The maximum Gasteiger partial charge on any atom is 0.133 e. The standard InChI is InChI=1S/C12H15FO2/c1-12(14,8-6-7-8)11-9(13)4-3-5-10(11)15-2/h3-5,8,14H,6-7H2,1-2H3. The second-order valence-corrected chi connectivity index (χ2v) is 4.24. The number of aliphatic hydroxyl groups is 1. The van der Waals surface area contributed by atoms with Crippen LogP contribution >= 0.6 is 0 Å². The normalized spacial score (nSPS) is 19.7. The van der Waals surface area contributed by atoms with Crippen molar-refractivity contribution in [3.63, 3.8) is 0 Å². The van der Waals surface area contributed by atoms with Gasteiger partial charge in [-0.1, -0.05) is 6.07 Å². The molecule has 1 atom stereocenters. The minimum atomic E-state index is -1.11. The molecule has 0 heterocycles. The number of ether oxygens (including phenoxy) is 1. The predicted molar refractivity (Wildman–Crippen MR) is 55.2 cm³/mol. The SMILES string of the molecule is COc1cccc(F)c1C(C)(O)C1CC1. The number of rotatable bonds is 3. The lowest BCUT2D eigenvalue weighted by Crippen LogP contribution is -2.26. The highest BCUT2D eigenvalue weighted by atomic mass is 19.1. The summed E-state index contributed by atoms with van der Waals surface area (Å²) < 4.78 is 18.8. The van der Waals surface area contributed by atoms with Gasteiger partial charge >= 0.3 is 0 Å². The van der Waals surface area contributed by atoms with E-state index < -0.39 is 11.4 Å². The smallest absolute Gasteiger partial charge is 0.133 e. The van der Waals surface area contributed by atoms with E-state index in [9.17, 15) is 9.50 Å². The van der Waals surface area contributed by atoms with Crippen LogP contribution in [-0.4, -0.2) is 12.2 Å². The van der Waals surface area contributed by atoms with Crippen LogP contribution in [0.3, 0.4) is 0 Å². The number of methoxy groups -OCH3 is 1. The van der Waals surface area contributed by atoms with Crippen LogP contribution in [0.1, 0.15) is 25.3 Å². The largest absolute Gasteiger partial charge is 0.496 e. The van der Waals surface area contributed by atoms with Crippen LogP contribution in [0, 0.1) is 11.7 Å². The van der Waals surface area contributed by atoms with E-state index in [2.05, 4.69) is 0 Å². The molecular weight excluding hydrogens is 195 g/mol. The Hall–Kier alpha value is -1.09. The molecule has 82 valence electrons. The van der Waals surface area contributed by atoms with Crippen molar-refractivity contribution in [2.24, 2.45) is 5.92 Å². The van der Waals surface area contributed by atoms with E-state index in [0.29, 0.717) is 5.75 Å². The molecule has 0 aromatic heterocycles. The summed E-state index contributed by atoms with van der Waals surface area (Å²) in [5.74, 6) is 0.182. The van der Waals surface area contributed by atoms with Crippen molar-refractivity contribution in [3.05, 3.63) is 29.6 Å². The minimum absolute atomic E-state index is 0.156. The van der Waals surface area contributed by atoms with Gasteiger partial charge in [-0.15, -0.1) is 0 Å². The van der Waals surface area contributed by atoms with Gasteiger partial charge in [-0.05, 0) is 37.8 Å². The van der Waals surface area contributed by atoms with E-state index in [0.717, 1.165) is 12.8 Å². The first kappa shape index (κ1) is 10.4. The minimum Gasteiger partial charge on any atom is -0.496 e. The monoisotopic (exact) mass is 210 g/mol. The van der Waals surface area contributed by atoms with Crippen molar-refractivity contribution in [2.45, 2.75) is 25.4 Å². The van der Waals surface area contributed by atoms with Gasteiger partial charge in [0.05, 0.1) is 18.3 Å². The van der Waals surface area contributed by atoms with Crippen LogP contribution in [0.4, 0.5) is 4.39 Å². The predicted octanol–water partition coefficient (Wildman–Crippen LogP) is 2.45.